The molecule has 0 aliphatic rings. The lowest BCUT2D eigenvalue weighted by molar-refractivity contribution is 0.204. The van der Waals surface area contributed by atoms with Gasteiger partial charge in [0, 0.05) is 18.6 Å². The molecule has 20 heavy (non-hydrogen) atoms. The molecule has 0 fully saturated rings. The second-order valence-corrected chi connectivity index (χ2v) is 5.58. The molecule has 0 amide bonds. The molecule has 0 aromatic heterocycles. The molecule has 0 spiro atoms. The first-order valence-corrected chi connectivity index (χ1v) is 7.40. The molecule has 2 nitrogen and oxygen atoms in total. The zero-order valence-corrected chi connectivity index (χ0v) is 12.7. The molecule has 0 saturated heterocycles. The van der Waals surface area contributed by atoms with Crippen molar-refractivity contribution in [3.05, 3.63) is 35.4 Å². The number of benzene rings is 1. The smallest absolute Gasteiger partial charge is 0.159 e. The summed E-state index contributed by atoms with van der Waals surface area (Å²) in [5.41, 5.74) is 6.77. The van der Waals surface area contributed by atoms with Crippen LogP contribution in [-0.4, -0.2) is 24.0 Å². The van der Waals surface area contributed by atoms with Gasteiger partial charge in [0.05, 0.1) is 0 Å². The maximum Gasteiger partial charge on any atom is 0.159 e. The molecular formula is C16H26F2N2. The zero-order valence-electron chi connectivity index (χ0n) is 12.7. The number of hydrogen-bond donors (Lipinski definition) is 1. The highest BCUT2D eigenvalue weighted by Crippen LogP contribution is 2.17. The predicted octanol–water partition coefficient (Wildman–Crippen LogP) is 3.87. The van der Waals surface area contributed by atoms with E-state index in [1.807, 2.05) is 0 Å². The maximum absolute atomic E-state index is 13.2. The van der Waals surface area contributed by atoms with Crippen LogP contribution < -0.4 is 5.73 Å². The Labute approximate surface area is 121 Å². The number of nitrogens with zero attached hydrogens (tertiary/aromatic N) is 1. The average Bonchev–Trinajstić information content (AvgIpc) is 2.40. The van der Waals surface area contributed by atoms with E-state index in [1.54, 1.807) is 6.07 Å². The molecule has 0 radical (unpaired) electrons. The molecule has 1 aromatic carbocycles. The SMILES string of the molecule is CCCCCN(CC(N)c1ccc(F)c(F)c1)C(C)C. The van der Waals surface area contributed by atoms with Crippen LogP contribution in [0.2, 0.25) is 0 Å². The van der Waals surface area contributed by atoms with Gasteiger partial charge >= 0.3 is 0 Å². The Morgan fingerprint density at radius 2 is 1.85 bits per heavy atom. The first-order chi connectivity index (χ1) is 9.45. The average molecular weight is 284 g/mol. The minimum absolute atomic E-state index is 0.297. The Morgan fingerprint density at radius 3 is 2.40 bits per heavy atom. The van der Waals surface area contributed by atoms with Crippen LogP contribution in [-0.2, 0) is 0 Å². The molecule has 2 N–H and O–H groups in total. The quantitative estimate of drug-likeness (QED) is 0.734. The van der Waals surface area contributed by atoms with Gasteiger partial charge in [-0.05, 0) is 44.5 Å². The second kappa shape index (κ2) is 8.32. The monoisotopic (exact) mass is 284 g/mol. The number of halogens is 2. The molecule has 0 heterocycles. The summed E-state index contributed by atoms with van der Waals surface area (Å²) in [6.45, 7) is 8.08. The van der Waals surface area contributed by atoms with Crippen LogP contribution in [0.3, 0.4) is 0 Å². The van der Waals surface area contributed by atoms with Gasteiger partial charge in [-0.3, -0.25) is 4.90 Å². The molecule has 1 rings (SSSR count). The Bertz CT molecular complexity index is 407. The minimum atomic E-state index is -0.833. The van der Waals surface area contributed by atoms with Crippen LogP contribution in [0.4, 0.5) is 8.78 Å². The van der Waals surface area contributed by atoms with Gasteiger partial charge < -0.3 is 5.73 Å². The van der Waals surface area contributed by atoms with Crippen LogP contribution in [0.25, 0.3) is 0 Å². The number of unbranched alkanes of at least 4 members (excludes halogenated alkanes) is 2. The van der Waals surface area contributed by atoms with Crippen molar-refractivity contribution >= 4 is 0 Å². The van der Waals surface area contributed by atoms with Gasteiger partial charge in [-0.15, -0.1) is 0 Å². The molecule has 1 aromatic rings. The van der Waals surface area contributed by atoms with Gasteiger partial charge in [-0.1, -0.05) is 25.8 Å². The van der Waals surface area contributed by atoms with Gasteiger partial charge in [0.25, 0.3) is 0 Å². The summed E-state index contributed by atoms with van der Waals surface area (Å²) in [7, 11) is 0. The van der Waals surface area contributed by atoms with Gasteiger partial charge in [-0.2, -0.15) is 0 Å². The second-order valence-electron chi connectivity index (χ2n) is 5.58. The van der Waals surface area contributed by atoms with E-state index in [-0.39, 0.29) is 6.04 Å². The van der Waals surface area contributed by atoms with Crippen LogP contribution in [0.5, 0.6) is 0 Å². The molecule has 0 bridgehead atoms. The summed E-state index contributed by atoms with van der Waals surface area (Å²) in [6.07, 6.45) is 3.52. The third-order valence-corrected chi connectivity index (χ3v) is 3.58. The van der Waals surface area contributed by atoms with E-state index in [0.717, 1.165) is 19.0 Å². The van der Waals surface area contributed by atoms with E-state index in [1.165, 1.54) is 18.9 Å². The van der Waals surface area contributed by atoms with Crippen LogP contribution in [0.15, 0.2) is 18.2 Å². The lowest BCUT2D eigenvalue weighted by Crippen LogP contribution is -2.37. The third-order valence-electron chi connectivity index (χ3n) is 3.58. The summed E-state index contributed by atoms with van der Waals surface area (Å²) in [5, 5.41) is 0. The lowest BCUT2D eigenvalue weighted by Gasteiger charge is -2.29. The van der Waals surface area contributed by atoms with Crippen LogP contribution in [0.1, 0.15) is 51.6 Å². The lowest BCUT2D eigenvalue weighted by atomic mass is 10.1. The highest BCUT2D eigenvalue weighted by molar-refractivity contribution is 5.21. The van der Waals surface area contributed by atoms with Crippen LogP contribution in [0, 0.1) is 11.6 Å². The predicted molar refractivity (Wildman–Crippen MR) is 79.5 cm³/mol. The highest BCUT2D eigenvalue weighted by Gasteiger charge is 2.16. The topological polar surface area (TPSA) is 29.3 Å². The van der Waals surface area contributed by atoms with E-state index in [4.69, 9.17) is 5.73 Å². The number of nitrogens with two attached hydrogens (primary N) is 1. The molecule has 4 heteroatoms. The number of rotatable bonds is 8. The maximum atomic E-state index is 13.2. The zero-order chi connectivity index (χ0) is 15.1. The van der Waals surface area contributed by atoms with E-state index < -0.39 is 11.6 Å². The fraction of sp³-hybridized carbons (Fsp3) is 0.625. The van der Waals surface area contributed by atoms with Crippen molar-refractivity contribution in [2.75, 3.05) is 13.1 Å². The molecule has 0 saturated carbocycles. The summed E-state index contributed by atoms with van der Waals surface area (Å²) < 4.78 is 26.2. The normalized spacial score (nSPS) is 13.2. The van der Waals surface area contributed by atoms with E-state index >= 15 is 0 Å². The first-order valence-electron chi connectivity index (χ1n) is 7.40. The van der Waals surface area contributed by atoms with Crippen molar-refractivity contribution in [3.63, 3.8) is 0 Å². The van der Waals surface area contributed by atoms with Crippen molar-refractivity contribution < 1.29 is 8.78 Å². The Hall–Kier alpha value is -1.00. The highest BCUT2D eigenvalue weighted by atomic mass is 19.2. The summed E-state index contributed by atoms with van der Waals surface area (Å²) in [4.78, 5) is 2.29. The van der Waals surface area contributed by atoms with E-state index in [0.29, 0.717) is 18.2 Å². The third kappa shape index (κ3) is 5.17. The summed E-state index contributed by atoms with van der Waals surface area (Å²) in [5.74, 6) is -1.66. The molecule has 1 unspecified atom stereocenters. The van der Waals surface area contributed by atoms with Crippen molar-refractivity contribution in [2.24, 2.45) is 5.73 Å². The molecule has 0 aliphatic carbocycles. The van der Waals surface area contributed by atoms with Gasteiger partial charge in [0.1, 0.15) is 0 Å². The fourth-order valence-electron chi connectivity index (χ4n) is 2.23. The molecule has 114 valence electrons. The van der Waals surface area contributed by atoms with Crippen molar-refractivity contribution in [1.82, 2.24) is 4.90 Å². The van der Waals surface area contributed by atoms with Crippen molar-refractivity contribution in [3.8, 4) is 0 Å². The van der Waals surface area contributed by atoms with Crippen LogP contribution >= 0.6 is 0 Å². The Kier molecular flexibility index (Phi) is 7.10. The first kappa shape index (κ1) is 17.1. The fourth-order valence-corrected chi connectivity index (χ4v) is 2.23. The molecule has 0 aliphatic heterocycles. The summed E-state index contributed by atoms with van der Waals surface area (Å²) >= 11 is 0. The minimum Gasteiger partial charge on any atom is -0.323 e. The number of hydrogen-bond acceptors (Lipinski definition) is 2. The molecular weight excluding hydrogens is 258 g/mol. The van der Waals surface area contributed by atoms with Gasteiger partial charge in [-0.25, -0.2) is 8.78 Å². The largest absolute Gasteiger partial charge is 0.323 e. The van der Waals surface area contributed by atoms with E-state index in [9.17, 15) is 8.78 Å². The Morgan fingerprint density at radius 1 is 1.15 bits per heavy atom. The molecule has 1 atom stereocenters. The summed E-state index contributed by atoms with van der Waals surface area (Å²) in [6, 6.07) is 4.00. The van der Waals surface area contributed by atoms with Gasteiger partial charge in [0.15, 0.2) is 11.6 Å². The van der Waals surface area contributed by atoms with Crippen molar-refractivity contribution in [2.45, 2.75) is 52.1 Å². The van der Waals surface area contributed by atoms with Crippen molar-refractivity contribution in [1.29, 1.82) is 0 Å². The van der Waals surface area contributed by atoms with Gasteiger partial charge in [0.2, 0.25) is 0 Å². The van der Waals surface area contributed by atoms with E-state index in [2.05, 4.69) is 25.7 Å². The Balaban J connectivity index is 2.64. The standard InChI is InChI=1S/C16H26F2N2/c1-4-5-6-9-20(12(2)3)11-16(19)13-7-8-14(17)15(18)10-13/h7-8,10,12,16H,4-6,9,11,19H2,1-3H3.